The molecule has 1 heterocycles. The van der Waals surface area contributed by atoms with E-state index in [9.17, 15) is 14.5 Å². The molecule has 0 aromatic rings. The second-order valence-corrected chi connectivity index (χ2v) is 1.74. The SMILES string of the molecule is CC.O=[N+]([O-])[C]1C=NC(F)=CC1. The van der Waals surface area contributed by atoms with Gasteiger partial charge in [-0.1, -0.05) is 13.8 Å². The van der Waals surface area contributed by atoms with E-state index in [1.54, 1.807) is 0 Å². The van der Waals surface area contributed by atoms with Crippen LogP contribution >= 0.6 is 0 Å². The van der Waals surface area contributed by atoms with Gasteiger partial charge in [0.15, 0.2) is 0 Å². The summed E-state index contributed by atoms with van der Waals surface area (Å²) in [5.74, 6) is -0.661. The fourth-order valence-electron chi connectivity index (χ4n) is 0.552. The van der Waals surface area contributed by atoms with Crippen molar-refractivity contribution < 1.29 is 9.31 Å². The fourth-order valence-corrected chi connectivity index (χ4v) is 0.552. The van der Waals surface area contributed by atoms with Crippen LogP contribution in [0, 0.1) is 16.2 Å². The molecule has 67 valence electrons. The van der Waals surface area contributed by atoms with Crippen molar-refractivity contribution >= 4 is 6.21 Å². The molecule has 0 bridgehead atoms. The average Bonchev–Trinajstić information content (AvgIpc) is 2.09. The molecule has 12 heavy (non-hydrogen) atoms. The molecule has 0 saturated heterocycles. The van der Waals surface area contributed by atoms with Crippen LogP contribution in [0.1, 0.15) is 20.3 Å². The molecule has 1 aliphatic heterocycles. The number of hydrogen-bond donors (Lipinski definition) is 0. The highest BCUT2D eigenvalue weighted by Crippen LogP contribution is 2.14. The topological polar surface area (TPSA) is 55.5 Å². The number of nitrogens with zero attached hydrogens (tertiary/aromatic N) is 2. The van der Waals surface area contributed by atoms with Crippen LogP contribution < -0.4 is 0 Å². The Bertz CT molecular complexity index is 213. The summed E-state index contributed by atoms with van der Waals surface area (Å²) in [4.78, 5) is 12.5. The van der Waals surface area contributed by atoms with Gasteiger partial charge in [0, 0.05) is 4.92 Å². The van der Waals surface area contributed by atoms with E-state index in [2.05, 4.69) is 4.99 Å². The first kappa shape index (κ1) is 10.7. The lowest BCUT2D eigenvalue weighted by molar-refractivity contribution is -0.451. The van der Waals surface area contributed by atoms with Gasteiger partial charge in [-0.15, -0.1) is 0 Å². The molecule has 0 saturated carbocycles. The number of nitro groups is 1. The van der Waals surface area contributed by atoms with Gasteiger partial charge in [0.1, 0.15) is 0 Å². The van der Waals surface area contributed by atoms with E-state index >= 15 is 0 Å². The number of halogens is 1. The number of hydrogen-bond acceptors (Lipinski definition) is 3. The molecule has 1 rings (SSSR count). The Morgan fingerprint density at radius 1 is 1.67 bits per heavy atom. The Labute approximate surface area is 70.0 Å². The quantitative estimate of drug-likeness (QED) is 0.346. The number of rotatable bonds is 1. The van der Waals surface area contributed by atoms with Crippen molar-refractivity contribution in [1.82, 2.24) is 0 Å². The standard InChI is InChI=1S/C5H4FN2O2.C2H6/c6-5-2-1-4(3-7-5)8(9)10;1-2/h2-3H,1H2;1-2H3. The third-order valence-electron chi connectivity index (χ3n) is 1.05. The summed E-state index contributed by atoms with van der Waals surface area (Å²) in [6.07, 6.45) is 2.01. The van der Waals surface area contributed by atoms with Crippen LogP contribution in [-0.2, 0) is 0 Å². The van der Waals surface area contributed by atoms with Gasteiger partial charge in [0.2, 0.25) is 5.95 Å². The molecule has 5 heteroatoms. The third-order valence-corrected chi connectivity index (χ3v) is 1.05. The third kappa shape index (κ3) is 3.23. The molecule has 0 unspecified atom stereocenters. The lowest BCUT2D eigenvalue weighted by atomic mass is 10.2. The molecular formula is C7H10FN2O2. The first-order valence-electron chi connectivity index (χ1n) is 3.60. The van der Waals surface area contributed by atoms with Crippen LogP contribution in [0.3, 0.4) is 0 Å². The minimum atomic E-state index is -0.661. The van der Waals surface area contributed by atoms with E-state index in [-0.39, 0.29) is 12.5 Å². The highest BCUT2D eigenvalue weighted by atomic mass is 19.1. The normalized spacial score (nSPS) is 16.1. The molecule has 0 aliphatic carbocycles. The van der Waals surface area contributed by atoms with Crippen molar-refractivity contribution in [1.29, 1.82) is 0 Å². The van der Waals surface area contributed by atoms with Gasteiger partial charge in [-0.25, -0.2) is 4.99 Å². The largest absolute Gasteiger partial charge is 0.334 e. The van der Waals surface area contributed by atoms with Gasteiger partial charge in [-0.2, -0.15) is 4.39 Å². The molecule has 0 atom stereocenters. The molecule has 1 aliphatic rings. The predicted octanol–water partition coefficient (Wildman–Crippen LogP) is 2.11. The van der Waals surface area contributed by atoms with Gasteiger partial charge in [0.05, 0.1) is 12.6 Å². The molecule has 0 N–H and O–H groups in total. The summed E-state index contributed by atoms with van der Waals surface area (Å²) in [6.45, 7) is 4.00. The monoisotopic (exact) mass is 173 g/mol. The average molecular weight is 173 g/mol. The van der Waals surface area contributed by atoms with E-state index in [0.29, 0.717) is 0 Å². The smallest absolute Gasteiger partial charge is 0.263 e. The van der Waals surface area contributed by atoms with Gasteiger partial charge in [0.25, 0.3) is 0 Å². The van der Waals surface area contributed by atoms with Gasteiger partial charge in [-0.05, 0) is 6.08 Å². The Hall–Kier alpha value is -1.26. The molecule has 0 aromatic carbocycles. The Morgan fingerprint density at radius 2 is 2.25 bits per heavy atom. The van der Waals surface area contributed by atoms with Crippen LogP contribution in [0.25, 0.3) is 0 Å². The first-order valence-corrected chi connectivity index (χ1v) is 3.60. The zero-order valence-corrected chi connectivity index (χ0v) is 6.95. The predicted molar refractivity (Wildman–Crippen MR) is 43.9 cm³/mol. The van der Waals surface area contributed by atoms with E-state index in [1.807, 2.05) is 13.8 Å². The van der Waals surface area contributed by atoms with Crippen LogP contribution in [-0.4, -0.2) is 11.1 Å². The van der Waals surface area contributed by atoms with Crippen molar-refractivity contribution in [3.05, 3.63) is 28.2 Å². The van der Waals surface area contributed by atoms with Crippen molar-refractivity contribution in [2.24, 2.45) is 4.99 Å². The number of aliphatic imine (C=N–C) groups is 1. The molecule has 0 fully saturated rings. The van der Waals surface area contributed by atoms with Crippen LogP contribution in [0.5, 0.6) is 0 Å². The van der Waals surface area contributed by atoms with E-state index < -0.39 is 10.9 Å². The summed E-state index contributed by atoms with van der Waals surface area (Å²) in [5.41, 5.74) is 0. The van der Waals surface area contributed by atoms with Crippen molar-refractivity contribution in [3.63, 3.8) is 0 Å². The molecule has 4 nitrogen and oxygen atoms in total. The maximum Gasteiger partial charge on any atom is 0.334 e. The zero-order valence-electron chi connectivity index (χ0n) is 6.95. The van der Waals surface area contributed by atoms with Gasteiger partial charge < -0.3 is 0 Å². The lowest BCUT2D eigenvalue weighted by Crippen LogP contribution is -2.12. The molecule has 0 spiro atoms. The second kappa shape index (κ2) is 5.40. The summed E-state index contributed by atoms with van der Waals surface area (Å²) < 4.78 is 12.0. The van der Waals surface area contributed by atoms with E-state index in [1.165, 1.54) is 0 Å². The van der Waals surface area contributed by atoms with Crippen LogP contribution in [0.15, 0.2) is 17.0 Å². The zero-order chi connectivity index (χ0) is 9.56. The van der Waals surface area contributed by atoms with Gasteiger partial charge in [-0.3, -0.25) is 10.1 Å². The lowest BCUT2D eigenvalue weighted by Gasteiger charge is -2.00. The highest BCUT2D eigenvalue weighted by Gasteiger charge is 2.22. The Kier molecular flexibility index (Phi) is 4.83. The van der Waals surface area contributed by atoms with Crippen LogP contribution in [0.2, 0.25) is 0 Å². The first-order chi connectivity index (χ1) is 5.70. The maximum absolute atomic E-state index is 12.0. The minimum Gasteiger partial charge on any atom is -0.263 e. The van der Waals surface area contributed by atoms with E-state index in [0.717, 1.165) is 12.3 Å². The maximum atomic E-state index is 12.0. The Morgan fingerprint density at radius 3 is 2.58 bits per heavy atom. The van der Waals surface area contributed by atoms with E-state index in [4.69, 9.17) is 0 Å². The Balaban J connectivity index is 0.000000561. The molecule has 0 amide bonds. The van der Waals surface area contributed by atoms with Gasteiger partial charge >= 0.3 is 6.04 Å². The van der Waals surface area contributed by atoms with Crippen LogP contribution in [0.4, 0.5) is 4.39 Å². The summed E-state index contributed by atoms with van der Waals surface area (Å²) in [7, 11) is 0. The molecule has 1 radical (unpaired) electrons. The van der Waals surface area contributed by atoms with Crippen molar-refractivity contribution in [3.8, 4) is 0 Å². The van der Waals surface area contributed by atoms with Crippen molar-refractivity contribution in [2.45, 2.75) is 20.3 Å². The summed E-state index contributed by atoms with van der Waals surface area (Å²) in [5, 5.41) is 9.99. The van der Waals surface area contributed by atoms with Crippen molar-refractivity contribution in [2.75, 3.05) is 0 Å². The fraction of sp³-hybridized carbons (Fsp3) is 0.429. The highest BCUT2D eigenvalue weighted by molar-refractivity contribution is 5.73. The molecular weight excluding hydrogens is 163 g/mol. The summed E-state index contributed by atoms with van der Waals surface area (Å²) in [6, 6.07) is -0.0820. The second-order valence-electron chi connectivity index (χ2n) is 1.74. The summed E-state index contributed by atoms with van der Waals surface area (Å²) >= 11 is 0. The minimum absolute atomic E-state index is 0.0162. The molecule has 0 aromatic heterocycles.